The predicted molar refractivity (Wildman–Crippen MR) is 80.2 cm³/mol. The lowest BCUT2D eigenvalue weighted by atomic mass is 9.88. The van der Waals surface area contributed by atoms with E-state index in [-0.39, 0.29) is 24.1 Å². The van der Waals surface area contributed by atoms with Gasteiger partial charge in [0, 0.05) is 25.1 Å². The summed E-state index contributed by atoms with van der Waals surface area (Å²) in [5, 5.41) is 0. The summed E-state index contributed by atoms with van der Waals surface area (Å²) in [7, 11) is 2.08. The minimum Gasteiger partial charge on any atom is -0.377 e. The number of ether oxygens (including phenoxy) is 2. The van der Waals surface area contributed by atoms with E-state index in [9.17, 15) is 4.79 Å². The lowest BCUT2D eigenvalue weighted by Gasteiger charge is -2.30. The molecule has 0 unspecified atom stereocenters. The molecular formula is C14H27BN2O3. The second-order valence-corrected chi connectivity index (χ2v) is 6.10. The van der Waals surface area contributed by atoms with Crippen LogP contribution in [0.1, 0.15) is 32.6 Å². The Labute approximate surface area is 122 Å². The molecule has 3 atom stereocenters. The first-order valence-electron chi connectivity index (χ1n) is 7.80. The first-order valence-corrected chi connectivity index (χ1v) is 7.80. The fourth-order valence-corrected chi connectivity index (χ4v) is 3.38. The van der Waals surface area contributed by atoms with Gasteiger partial charge < -0.3 is 24.8 Å². The molecule has 5 nitrogen and oxygen atoms in total. The first kappa shape index (κ1) is 16.0. The van der Waals surface area contributed by atoms with E-state index in [1.807, 2.05) is 6.92 Å². The molecule has 2 N–H and O–H groups in total. The van der Waals surface area contributed by atoms with Crippen LogP contribution in [-0.2, 0) is 14.3 Å². The van der Waals surface area contributed by atoms with Crippen LogP contribution in [0.25, 0.3) is 0 Å². The highest BCUT2D eigenvalue weighted by Crippen LogP contribution is 2.26. The molecule has 6 heteroatoms. The van der Waals surface area contributed by atoms with E-state index in [0.29, 0.717) is 19.3 Å². The van der Waals surface area contributed by atoms with Crippen molar-refractivity contribution in [2.45, 2.75) is 56.9 Å². The third-order valence-electron chi connectivity index (χ3n) is 4.64. The van der Waals surface area contributed by atoms with Crippen molar-refractivity contribution in [1.29, 1.82) is 0 Å². The van der Waals surface area contributed by atoms with Crippen LogP contribution in [0.4, 0.5) is 0 Å². The average Bonchev–Trinajstić information content (AvgIpc) is 2.72. The molecule has 1 aliphatic carbocycles. The molecule has 0 radical (unpaired) electrons. The van der Waals surface area contributed by atoms with Crippen molar-refractivity contribution >= 4 is 14.3 Å². The Balaban J connectivity index is 1.79. The van der Waals surface area contributed by atoms with Gasteiger partial charge in [0.2, 0.25) is 0 Å². The van der Waals surface area contributed by atoms with Gasteiger partial charge in [0.05, 0.1) is 24.9 Å². The van der Waals surface area contributed by atoms with Crippen molar-refractivity contribution in [3.05, 3.63) is 0 Å². The number of carbonyl (C=O) groups excluding carboxylic acids is 1. The molecule has 0 amide bonds. The summed E-state index contributed by atoms with van der Waals surface area (Å²) in [6.45, 7) is 4.22. The van der Waals surface area contributed by atoms with E-state index in [4.69, 9.17) is 15.2 Å². The maximum atomic E-state index is 10.7. The number of rotatable bonds is 6. The minimum absolute atomic E-state index is 0.0660. The van der Waals surface area contributed by atoms with Crippen molar-refractivity contribution in [2.24, 2.45) is 11.7 Å². The van der Waals surface area contributed by atoms with Crippen molar-refractivity contribution < 1.29 is 14.3 Å². The Bertz CT molecular complexity index is 311. The Morgan fingerprint density at radius 3 is 2.60 bits per heavy atom. The molecule has 0 aromatic rings. The third-order valence-corrected chi connectivity index (χ3v) is 4.64. The second-order valence-electron chi connectivity index (χ2n) is 6.10. The van der Waals surface area contributed by atoms with Crippen molar-refractivity contribution in [3.8, 4) is 0 Å². The molecule has 20 heavy (non-hydrogen) atoms. The normalized spacial score (nSPS) is 39.0. The van der Waals surface area contributed by atoms with Gasteiger partial charge in [-0.05, 0) is 32.6 Å². The van der Waals surface area contributed by atoms with Crippen LogP contribution >= 0.6 is 0 Å². The largest absolute Gasteiger partial charge is 0.377 e. The molecule has 1 saturated carbocycles. The molecule has 1 saturated heterocycles. The summed E-state index contributed by atoms with van der Waals surface area (Å²) < 4.78 is 11.8. The maximum Gasteiger partial charge on any atom is 0.186 e. The second kappa shape index (κ2) is 7.55. The van der Waals surface area contributed by atoms with Crippen molar-refractivity contribution in [1.82, 2.24) is 4.81 Å². The van der Waals surface area contributed by atoms with Gasteiger partial charge in [0.1, 0.15) is 6.29 Å². The van der Waals surface area contributed by atoms with Crippen LogP contribution < -0.4 is 5.73 Å². The zero-order valence-electron chi connectivity index (χ0n) is 12.7. The predicted octanol–water partition coefficient (Wildman–Crippen LogP) is -0.275. The zero-order valence-corrected chi connectivity index (χ0v) is 12.7. The minimum atomic E-state index is 0.0660. The quantitative estimate of drug-likeness (QED) is 0.536. The van der Waals surface area contributed by atoms with Crippen molar-refractivity contribution in [3.63, 3.8) is 0 Å². The monoisotopic (exact) mass is 282 g/mol. The Morgan fingerprint density at radius 1 is 1.30 bits per heavy atom. The lowest BCUT2D eigenvalue weighted by molar-refractivity contribution is -0.113. The first-order chi connectivity index (χ1) is 9.65. The standard InChI is InChI=1S/C14H27BN2O3/c1-2-19-14-12(16)7-17(15)13(14)9-20-11-5-3-10(8-18)4-6-11/h8,10-14H,2-7,9,15-16H2,1H3/t10-,11-,12-,13-,14+/m1/s1. The number of hydrogen-bond acceptors (Lipinski definition) is 5. The number of nitrogens with zero attached hydrogens (tertiary/aromatic N) is 1. The summed E-state index contributed by atoms with van der Waals surface area (Å²) in [5.41, 5.74) is 6.13. The molecule has 0 spiro atoms. The van der Waals surface area contributed by atoms with Gasteiger partial charge in [-0.3, -0.25) is 0 Å². The average molecular weight is 282 g/mol. The van der Waals surface area contributed by atoms with E-state index in [1.165, 1.54) is 0 Å². The van der Waals surface area contributed by atoms with Gasteiger partial charge in [-0.25, -0.2) is 0 Å². The van der Waals surface area contributed by atoms with E-state index < -0.39 is 0 Å². The molecule has 1 aliphatic heterocycles. The Hall–Kier alpha value is -0.425. The van der Waals surface area contributed by atoms with Crippen LogP contribution in [0.5, 0.6) is 0 Å². The van der Waals surface area contributed by atoms with Gasteiger partial charge in [-0.2, -0.15) is 0 Å². The highest BCUT2D eigenvalue weighted by atomic mass is 16.5. The fourth-order valence-electron chi connectivity index (χ4n) is 3.38. The summed E-state index contributed by atoms with van der Waals surface area (Å²) in [4.78, 5) is 13.0. The molecule has 114 valence electrons. The summed E-state index contributed by atoms with van der Waals surface area (Å²) in [5.74, 6) is 0.244. The maximum absolute atomic E-state index is 10.7. The van der Waals surface area contributed by atoms with E-state index in [0.717, 1.165) is 38.5 Å². The van der Waals surface area contributed by atoms with Gasteiger partial charge >= 0.3 is 0 Å². The van der Waals surface area contributed by atoms with Gasteiger partial charge in [0.25, 0.3) is 0 Å². The van der Waals surface area contributed by atoms with Gasteiger partial charge in [0.15, 0.2) is 7.98 Å². The van der Waals surface area contributed by atoms with E-state index in [2.05, 4.69) is 12.8 Å². The van der Waals surface area contributed by atoms with Gasteiger partial charge in [-0.1, -0.05) is 0 Å². The topological polar surface area (TPSA) is 64.8 Å². The lowest BCUT2D eigenvalue weighted by Crippen LogP contribution is -2.43. The van der Waals surface area contributed by atoms with E-state index in [1.54, 1.807) is 0 Å². The smallest absolute Gasteiger partial charge is 0.186 e. The fraction of sp³-hybridized carbons (Fsp3) is 0.929. The SMILES string of the molecule is BN1C[C@@H](N)[C@H](OCC)[C@H]1CO[C@H]1CC[C@H](C=O)CC1. The molecule has 0 aromatic heterocycles. The molecular weight excluding hydrogens is 255 g/mol. The van der Waals surface area contributed by atoms with Crippen LogP contribution in [-0.4, -0.2) is 63.1 Å². The molecule has 1 heterocycles. The number of hydrogen-bond donors (Lipinski definition) is 1. The summed E-state index contributed by atoms with van der Waals surface area (Å²) in [6, 6.07) is 0.313. The Morgan fingerprint density at radius 2 is 2.00 bits per heavy atom. The van der Waals surface area contributed by atoms with Crippen LogP contribution in [0.15, 0.2) is 0 Å². The highest BCUT2D eigenvalue weighted by Gasteiger charge is 2.38. The molecule has 0 bridgehead atoms. The van der Waals surface area contributed by atoms with Crippen LogP contribution in [0.2, 0.25) is 0 Å². The summed E-state index contributed by atoms with van der Waals surface area (Å²) >= 11 is 0. The number of nitrogens with two attached hydrogens (primary N) is 1. The molecule has 2 aliphatic rings. The Kier molecular flexibility index (Phi) is 6.02. The summed E-state index contributed by atoms with van der Waals surface area (Å²) in [6.07, 6.45) is 5.35. The van der Waals surface area contributed by atoms with E-state index >= 15 is 0 Å². The number of carbonyl (C=O) groups is 1. The van der Waals surface area contributed by atoms with Crippen LogP contribution in [0.3, 0.4) is 0 Å². The molecule has 0 aromatic carbocycles. The van der Waals surface area contributed by atoms with Crippen molar-refractivity contribution in [2.75, 3.05) is 19.8 Å². The molecule has 2 rings (SSSR count). The molecule has 2 fully saturated rings. The van der Waals surface area contributed by atoms with Gasteiger partial charge in [-0.15, -0.1) is 0 Å². The number of aldehydes is 1. The highest BCUT2D eigenvalue weighted by molar-refractivity contribution is 6.04. The zero-order chi connectivity index (χ0) is 14.5. The third kappa shape index (κ3) is 3.82. The van der Waals surface area contributed by atoms with Crippen LogP contribution in [0, 0.1) is 5.92 Å².